The normalized spacial score (nSPS) is 28.1. The van der Waals surface area contributed by atoms with Crippen LogP contribution < -0.4 is 0 Å². The van der Waals surface area contributed by atoms with Gasteiger partial charge in [-0.25, -0.2) is 0 Å². The molecule has 3 aliphatic rings. The van der Waals surface area contributed by atoms with Crippen LogP contribution in [0.2, 0.25) is 0 Å². The van der Waals surface area contributed by atoms with Crippen LogP contribution in [0.3, 0.4) is 0 Å². The first-order chi connectivity index (χ1) is 23.3. The van der Waals surface area contributed by atoms with Gasteiger partial charge in [0.2, 0.25) is 10.3 Å². The van der Waals surface area contributed by atoms with Gasteiger partial charge in [-0.2, -0.15) is 0 Å². The average Bonchev–Trinajstić information content (AvgIpc) is 3.13. The Balaban J connectivity index is 1.62. The fraction of sp³-hybridized carbons (Fsp3) is 0. The lowest BCUT2D eigenvalue weighted by Crippen LogP contribution is -2.41. The molecule has 0 saturated heterocycles. The number of rotatable bonds is 4. The summed E-state index contributed by atoms with van der Waals surface area (Å²) in [5, 5.41) is 21.1. The van der Waals surface area contributed by atoms with E-state index in [1.54, 1.807) is 121 Å². The zero-order chi connectivity index (χ0) is 33.4. The Labute approximate surface area is 281 Å². The predicted molar refractivity (Wildman–Crippen MR) is 179 cm³/mol. The SMILES string of the molecule is F[B-]12O/N=C(Cl)/C(Cl)=N\O[B-](F)(O/N=C(c3ccccc3)/C(c3ccccc3)=N\O1)O/N=C(c1ccccc1)/C(c1ccccc1)=N\O2. The van der Waals surface area contributed by atoms with Gasteiger partial charge in [-0.1, -0.05) is 145 Å². The summed E-state index contributed by atoms with van der Waals surface area (Å²) in [4.78, 5) is 0. The van der Waals surface area contributed by atoms with Crippen molar-refractivity contribution >= 4 is 70.5 Å². The summed E-state index contributed by atoms with van der Waals surface area (Å²) < 4.78 is 64.4. The molecule has 0 spiro atoms. The highest BCUT2D eigenvalue weighted by Crippen LogP contribution is 2.23. The highest BCUT2D eigenvalue weighted by Gasteiger charge is 2.44. The molecule has 0 fully saturated rings. The van der Waals surface area contributed by atoms with Gasteiger partial charge < -0.3 is 37.2 Å². The zero-order valence-corrected chi connectivity index (χ0v) is 25.9. The van der Waals surface area contributed by atoms with Crippen molar-refractivity contribution < 1.29 is 37.2 Å². The maximum atomic E-state index is 16.7. The van der Waals surface area contributed by atoms with Crippen LogP contribution in [0.1, 0.15) is 22.3 Å². The van der Waals surface area contributed by atoms with Crippen molar-refractivity contribution in [1.29, 1.82) is 0 Å². The van der Waals surface area contributed by atoms with Gasteiger partial charge in [0.15, 0.2) is 0 Å². The Kier molecular flexibility index (Phi) is 9.64. The molecule has 48 heavy (non-hydrogen) atoms. The van der Waals surface area contributed by atoms with Crippen LogP contribution in [0.4, 0.5) is 8.63 Å². The smallest absolute Gasteiger partial charge is 0.509 e. The minimum absolute atomic E-state index is 0.178. The summed E-state index contributed by atoms with van der Waals surface area (Å²) >= 11 is 12.0. The molecule has 7 rings (SSSR count). The molecule has 0 N–H and O–H groups in total. The molecule has 12 nitrogen and oxygen atoms in total. The maximum Gasteiger partial charge on any atom is 0.812 e. The lowest BCUT2D eigenvalue weighted by molar-refractivity contribution is 0.0221. The standard InChI is InChI=1S/C30H20B2Cl2F2N6O6/c33-29-30(34)42-48-32(36)44-38-26(22-15-7-2-8-16-22)25(21-13-5-1-6-14-21)37-43-31(35,47-41-29)45-39-27(23-17-9-3-10-18-23)28(40-46-32)24-19-11-4-12-20-24/h1-20H/q-2/b37-25-,38-26+,39-27-,40-28+,41-29-,42-30+. The van der Waals surface area contributed by atoms with Crippen LogP contribution in [-0.2, 0) is 28.5 Å². The monoisotopic (exact) mass is 690 g/mol. The summed E-state index contributed by atoms with van der Waals surface area (Å²) in [5.74, 6) is 0. The predicted octanol–water partition coefficient (Wildman–Crippen LogP) is 6.65. The summed E-state index contributed by atoms with van der Waals surface area (Å²) in [7, 11) is -9.19. The number of hydrogen-bond acceptors (Lipinski definition) is 12. The van der Waals surface area contributed by atoms with Crippen molar-refractivity contribution in [3.05, 3.63) is 144 Å². The van der Waals surface area contributed by atoms with Crippen molar-refractivity contribution in [2.75, 3.05) is 0 Å². The van der Waals surface area contributed by atoms with Crippen molar-refractivity contribution in [3.63, 3.8) is 0 Å². The molecule has 0 aliphatic carbocycles. The molecule has 0 aromatic heterocycles. The second-order valence-corrected chi connectivity index (χ2v) is 10.4. The van der Waals surface area contributed by atoms with Crippen LogP contribution in [0.25, 0.3) is 0 Å². The summed E-state index contributed by atoms with van der Waals surface area (Å²) in [5.41, 5.74) is 0.566. The van der Waals surface area contributed by atoms with Gasteiger partial charge in [-0.05, 0) is 0 Å². The molecule has 242 valence electrons. The van der Waals surface area contributed by atoms with Crippen molar-refractivity contribution in [2.24, 2.45) is 30.9 Å². The van der Waals surface area contributed by atoms with Crippen LogP contribution in [0, 0.1) is 0 Å². The van der Waals surface area contributed by atoms with Crippen molar-refractivity contribution in [1.82, 2.24) is 0 Å². The van der Waals surface area contributed by atoms with E-state index in [0.29, 0.717) is 22.3 Å². The van der Waals surface area contributed by atoms with Gasteiger partial charge in [-0.3, -0.25) is 0 Å². The van der Waals surface area contributed by atoms with Gasteiger partial charge in [0.25, 0.3) is 0 Å². The molecule has 0 atom stereocenters. The fourth-order valence-electron chi connectivity index (χ4n) is 4.19. The Hall–Kier alpha value is -5.73. The molecular weight excluding hydrogens is 671 g/mol. The quantitative estimate of drug-likeness (QED) is 0.221. The third-order valence-electron chi connectivity index (χ3n) is 6.40. The first-order valence-corrected chi connectivity index (χ1v) is 14.8. The van der Waals surface area contributed by atoms with Crippen molar-refractivity contribution in [3.8, 4) is 0 Å². The molecule has 0 saturated carbocycles. The van der Waals surface area contributed by atoms with E-state index in [0.717, 1.165) is 0 Å². The Morgan fingerprint density at radius 3 is 0.792 bits per heavy atom. The Morgan fingerprint density at radius 2 is 0.562 bits per heavy atom. The first-order valence-electron chi connectivity index (χ1n) is 14.1. The van der Waals surface area contributed by atoms with E-state index in [1.807, 2.05) is 0 Å². The number of halogens is 4. The topological polar surface area (TPSA) is 130 Å². The van der Waals surface area contributed by atoms with E-state index in [9.17, 15) is 0 Å². The van der Waals surface area contributed by atoms with Crippen LogP contribution >= 0.6 is 23.2 Å². The van der Waals surface area contributed by atoms with E-state index in [-0.39, 0.29) is 22.8 Å². The van der Waals surface area contributed by atoms with Crippen LogP contribution in [0.5, 0.6) is 0 Å². The Bertz CT molecular complexity index is 1690. The molecule has 0 amide bonds. The number of oxime groups is 6. The van der Waals surface area contributed by atoms with E-state index in [4.69, 9.17) is 51.7 Å². The lowest BCUT2D eigenvalue weighted by Gasteiger charge is -2.30. The second-order valence-electron chi connectivity index (χ2n) is 9.73. The van der Waals surface area contributed by atoms with Gasteiger partial charge in [0.05, 0.1) is 0 Å². The van der Waals surface area contributed by atoms with E-state index in [1.165, 1.54) is 0 Å². The summed E-state index contributed by atoms with van der Waals surface area (Å²) in [6.07, 6.45) is 0. The first kappa shape index (κ1) is 32.2. The maximum absolute atomic E-state index is 16.7. The van der Waals surface area contributed by atoms with Gasteiger partial charge in [-0.15, -0.1) is 30.9 Å². The molecule has 0 unspecified atom stereocenters. The highest BCUT2D eigenvalue weighted by molar-refractivity contribution is 7.00. The van der Waals surface area contributed by atoms with Crippen molar-refractivity contribution in [2.45, 2.75) is 0 Å². The third kappa shape index (κ3) is 7.62. The molecule has 4 aromatic rings. The minimum Gasteiger partial charge on any atom is -0.509 e. The number of nitrogens with zero attached hydrogens (tertiary/aromatic N) is 6. The number of hydrogen-bond donors (Lipinski definition) is 0. The second kappa shape index (κ2) is 14.4. The number of fused-ring (bicyclic) bond motifs is 9. The molecule has 3 aliphatic heterocycles. The van der Waals surface area contributed by atoms with Gasteiger partial charge in [0.1, 0.15) is 22.8 Å². The molecule has 2 bridgehead atoms. The molecule has 3 heterocycles. The third-order valence-corrected chi connectivity index (χ3v) is 7.00. The van der Waals surface area contributed by atoms with Gasteiger partial charge in [0, 0.05) is 22.3 Å². The van der Waals surface area contributed by atoms with E-state index < -0.39 is 24.4 Å². The average molecular weight is 691 g/mol. The minimum atomic E-state index is -4.60. The molecule has 0 radical (unpaired) electrons. The molecule has 4 aromatic carbocycles. The Morgan fingerprint density at radius 1 is 0.354 bits per heavy atom. The highest BCUT2D eigenvalue weighted by atomic mass is 35.5. The van der Waals surface area contributed by atoms with Crippen LogP contribution in [-0.4, -0.2) is 47.3 Å². The van der Waals surface area contributed by atoms with Crippen LogP contribution in [0.15, 0.2) is 152 Å². The fourth-order valence-corrected chi connectivity index (χ4v) is 4.34. The lowest BCUT2D eigenvalue weighted by atomic mass is 10.00. The zero-order valence-electron chi connectivity index (χ0n) is 24.3. The number of benzene rings is 4. The molecular formula is C30H20B2Cl2F2N6O6-2. The summed E-state index contributed by atoms with van der Waals surface area (Å²) in [6, 6.07) is 33.0. The largest absolute Gasteiger partial charge is 0.812 e. The summed E-state index contributed by atoms with van der Waals surface area (Å²) in [6.45, 7) is 0. The van der Waals surface area contributed by atoms with Gasteiger partial charge >= 0.3 is 14.1 Å². The van der Waals surface area contributed by atoms with E-state index in [2.05, 4.69) is 30.9 Å². The molecule has 18 heteroatoms. The van der Waals surface area contributed by atoms with E-state index >= 15 is 8.63 Å².